The molecular weight excluding hydrogens is 186 g/mol. The molecule has 2 heteroatoms. The summed E-state index contributed by atoms with van der Waals surface area (Å²) < 4.78 is 0. The largest absolute Gasteiger partial charge is 0.315 e. The zero-order valence-corrected chi connectivity index (χ0v) is 9.58. The van der Waals surface area contributed by atoms with E-state index in [9.17, 15) is 4.79 Å². The zero-order chi connectivity index (χ0) is 11.0. The number of amides is 1. The Bertz CT molecular complexity index is 396. The van der Waals surface area contributed by atoms with Gasteiger partial charge in [0.25, 0.3) is 0 Å². The smallest absolute Gasteiger partial charge is 0.231 e. The maximum absolute atomic E-state index is 11.5. The molecule has 1 aromatic rings. The van der Waals surface area contributed by atoms with Gasteiger partial charge in [0.1, 0.15) is 0 Å². The highest BCUT2D eigenvalue weighted by molar-refractivity contribution is 6.00. The molecule has 0 radical (unpaired) electrons. The van der Waals surface area contributed by atoms with Crippen molar-refractivity contribution in [3.8, 4) is 0 Å². The van der Waals surface area contributed by atoms with Crippen LogP contribution in [0.5, 0.6) is 0 Å². The number of hydrogen-bond donors (Lipinski definition) is 0. The van der Waals surface area contributed by atoms with Crippen LogP contribution in [0, 0.1) is 5.92 Å². The van der Waals surface area contributed by atoms with Crippen LogP contribution in [-0.4, -0.2) is 13.0 Å². The zero-order valence-electron chi connectivity index (χ0n) is 9.58. The Morgan fingerprint density at radius 1 is 1.40 bits per heavy atom. The third kappa shape index (κ3) is 1.89. The number of anilines is 1. The van der Waals surface area contributed by atoms with Gasteiger partial charge >= 0.3 is 0 Å². The van der Waals surface area contributed by atoms with E-state index in [1.54, 1.807) is 4.90 Å². The number of fused-ring (bicyclic) bond motifs is 1. The lowest BCUT2D eigenvalue weighted by molar-refractivity contribution is -0.117. The van der Waals surface area contributed by atoms with Gasteiger partial charge in [-0.25, -0.2) is 0 Å². The minimum Gasteiger partial charge on any atom is -0.315 e. The van der Waals surface area contributed by atoms with E-state index < -0.39 is 0 Å². The average Bonchev–Trinajstić information content (AvgIpc) is 2.43. The van der Waals surface area contributed by atoms with Gasteiger partial charge in [-0.2, -0.15) is 0 Å². The van der Waals surface area contributed by atoms with Crippen molar-refractivity contribution < 1.29 is 4.79 Å². The van der Waals surface area contributed by atoms with Crippen LogP contribution in [0.25, 0.3) is 0 Å². The van der Waals surface area contributed by atoms with E-state index in [1.165, 1.54) is 5.56 Å². The Balaban J connectivity index is 2.31. The topological polar surface area (TPSA) is 20.3 Å². The van der Waals surface area contributed by atoms with Crippen LogP contribution in [0.1, 0.15) is 25.0 Å². The summed E-state index contributed by atoms with van der Waals surface area (Å²) in [5.41, 5.74) is 3.58. The molecular formula is C13H17NO. The van der Waals surface area contributed by atoms with Crippen molar-refractivity contribution in [2.24, 2.45) is 5.92 Å². The van der Waals surface area contributed by atoms with Gasteiger partial charge in [0.05, 0.1) is 6.42 Å². The Morgan fingerprint density at radius 2 is 2.13 bits per heavy atom. The molecule has 0 bridgehead atoms. The van der Waals surface area contributed by atoms with Crippen molar-refractivity contribution in [2.45, 2.75) is 26.7 Å². The second-order valence-corrected chi connectivity index (χ2v) is 4.69. The van der Waals surface area contributed by atoms with Gasteiger partial charge in [-0.1, -0.05) is 26.0 Å². The monoisotopic (exact) mass is 203 g/mol. The van der Waals surface area contributed by atoms with Crippen LogP contribution in [-0.2, 0) is 17.6 Å². The van der Waals surface area contributed by atoms with Crippen molar-refractivity contribution >= 4 is 11.6 Å². The van der Waals surface area contributed by atoms with Crippen molar-refractivity contribution in [3.05, 3.63) is 29.3 Å². The Labute approximate surface area is 90.9 Å². The normalized spacial score (nSPS) is 14.9. The molecule has 1 aliphatic rings. The minimum absolute atomic E-state index is 0.201. The van der Waals surface area contributed by atoms with Crippen molar-refractivity contribution in [3.63, 3.8) is 0 Å². The quantitative estimate of drug-likeness (QED) is 0.722. The minimum atomic E-state index is 0.201. The fourth-order valence-electron chi connectivity index (χ4n) is 2.09. The predicted molar refractivity (Wildman–Crippen MR) is 62.1 cm³/mol. The Hall–Kier alpha value is -1.31. The van der Waals surface area contributed by atoms with E-state index in [0.717, 1.165) is 17.7 Å². The summed E-state index contributed by atoms with van der Waals surface area (Å²) in [5, 5.41) is 0. The maximum Gasteiger partial charge on any atom is 0.231 e. The van der Waals surface area contributed by atoms with Crippen molar-refractivity contribution in [1.82, 2.24) is 0 Å². The number of benzene rings is 1. The van der Waals surface area contributed by atoms with Gasteiger partial charge in [0, 0.05) is 12.7 Å². The molecule has 1 aromatic carbocycles. The maximum atomic E-state index is 11.5. The van der Waals surface area contributed by atoms with E-state index in [4.69, 9.17) is 0 Å². The average molecular weight is 203 g/mol. The summed E-state index contributed by atoms with van der Waals surface area (Å²) in [6.07, 6.45) is 1.64. The molecule has 15 heavy (non-hydrogen) atoms. The molecule has 0 unspecified atom stereocenters. The van der Waals surface area contributed by atoms with Crippen LogP contribution in [0.15, 0.2) is 18.2 Å². The summed E-state index contributed by atoms with van der Waals surface area (Å²) in [6.45, 7) is 4.42. The fourth-order valence-corrected chi connectivity index (χ4v) is 2.09. The number of carbonyl (C=O) groups is 1. The molecule has 1 heterocycles. The molecule has 0 saturated heterocycles. The summed E-state index contributed by atoms with van der Waals surface area (Å²) in [4.78, 5) is 13.3. The molecule has 0 N–H and O–H groups in total. The third-order valence-electron chi connectivity index (χ3n) is 2.87. The SMILES string of the molecule is CC(C)Cc1ccc2c(c1)N(C)C(=O)C2. The van der Waals surface area contributed by atoms with E-state index >= 15 is 0 Å². The van der Waals surface area contributed by atoms with E-state index in [0.29, 0.717) is 12.3 Å². The summed E-state index contributed by atoms with van der Waals surface area (Å²) in [6, 6.07) is 6.39. The summed E-state index contributed by atoms with van der Waals surface area (Å²) in [7, 11) is 1.85. The first-order valence-electron chi connectivity index (χ1n) is 5.46. The lowest BCUT2D eigenvalue weighted by Gasteiger charge is -2.12. The highest BCUT2D eigenvalue weighted by Gasteiger charge is 2.23. The number of carbonyl (C=O) groups excluding carboxylic acids is 1. The summed E-state index contributed by atoms with van der Waals surface area (Å²) >= 11 is 0. The van der Waals surface area contributed by atoms with E-state index in [1.807, 2.05) is 7.05 Å². The molecule has 2 nitrogen and oxygen atoms in total. The highest BCUT2D eigenvalue weighted by Crippen LogP contribution is 2.29. The van der Waals surface area contributed by atoms with Crippen molar-refractivity contribution in [2.75, 3.05) is 11.9 Å². The molecule has 0 spiro atoms. The van der Waals surface area contributed by atoms with E-state index in [2.05, 4.69) is 32.0 Å². The van der Waals surface area contributed by atoms with E-state index in [-0.39, 0.29) is 5.91 Å². The van der Waals surface area contributed by atoms with Crippen LogP contribution < -0.4 is 4.90 Å². The standard InChI is InChI=1S/C13H17NO/c1-9(2)6-10-4-5-11-8-13(15)14(3)12(11)7-10/h4-5,7,9H,6,8H2,1-3H3. The van der Waals surface area contributed by atoms with Crippen LogP contribution >= 0.6 is 0 Å². The van der Waals surface area contributed by atoms with Gasteiger partial charge in [-0.15, -0.1) is 0 Å². The first kappa shape index (κ1) is 10.2. The molecule has 0 saturated carbocycles. The molecule has 2 rings (SSSR count). The molecule has 0 aromatic heterocycles. The number of hydrogen-bond acceptors (Lipinski definition) is 1. The third-order valence-corrected chi connectivity index (χ3v) is 2.87. The first-order valence-corrected chi connectivity index (χ1v) is 5.46. The van der Waals surface area contributed by atoms with Crippen LogP contribution in [0.2, 0.25) is 0 Å². The number of likely N-dealkylation sites (N-methyl/N-ethyl adjacent to an activating group) is 1. The lowest BCUT2D eigenvalue weighted by Crippen LogP contribution is -2.20. The van der Waals surface area contributed by atoms with Gasteiger partial charge < -0.3 is 4.90 Å². The second kappa shape index (κ2) is 3.69. The summed E-state index contributed by atoms with van der Waals surface area (Å²) in [5.74, 6) is 0.858. The van der Waals surface area contributed by atoms with Gasteiger partial charge in [0.2, 0.25) is 5.91 Å². The predicted octanol–water partition coefficient (Wildman–Crippen LogP) is 2.40. The number of rotatable bonds is 2. The first-order chi connectivity index (χ1) is 7.08. The fraction of sp³-hybridized carbons (Fsp3) is 0.462. The lowest BCUT2D eigenvalue weighted by atomic mass is 10.0. The molecule has 80 valence electrons. The molecule has 1 amide bonds. The molecule has 1 aliphatic heterocycles. The number of nitrogens with zero attached hydrogens (tertiary/aromatic N) is 1. The Kier molecular flexibility index (Phi) is 2.51. The highest BCUT2D eigenvalue weighted by atomic mass is 16.2. The molecule has 0 aliphatic carbocycles. The van der Waals surface area contributed by atoms with Gasteiger partial charge in [0.15, 0.2) is 0 Å². The molecule has 0 atom stereocenters. The van der Waals surface area contributed by atoms with Gasteiger partial charge in [-0.05, 0) is 29.5 Å². The van der Waals surface area contributed by atoms with Gasteiger partial charge in [-0.3, -0.25) is 4.79 Å². The van der Waals surface area contributed by atoms with Crippen molar-refractivity contribution in [1.29, 1.82) is 0 Å². The van der Waals surface area contributed by atoms with Crippen LogP contribution in [0.4, 0.5) is 5.69 Å². The molecule has 0 fully saturated rings. The Morgan fingerprint density at radius 3 is 2.80 bits per heavy atom. The second-order valence-electron chi connectivity index (χ2n) is 4.69. The van der Waals surface area contributed by atoms with Crippen LogP contribution in [0.3, 0.4) is 0 Å².